The summed E-state index contributed by atoms with van der Waals surface area (Å²) in [7, 11) is 0. The van der Waals surface area contributed by atoms with Gasteiger partial charge in [0.2, 0.25) is 0 Å². The fraction of sp³-hybridized carbons (Fsp3) is 0.636. The number of nitrogens with zero attached hydrogens (tertiary/aromatic N) is 1. The number of H-pyrrole nitrogens is 1. The topological polar surface area (TPSA) is 71.8 Å². The summed E-state index contributed by atoms with van der Waals surface area (Å²) in [5.74, 6) is 1.30. The van der Waals surface area contributed by atoms with E-state index in [0.717, 1.165) is 24.4 Å². The van der Waals surface area contributed by atoms with Gasteiger partial charge in [-0.05, 0) is 12.8 Å². The van der Waals surface area contributed by atoms with Crippen molar-refractivity contribution in [1.82, 2.24) is 9.97 Å². The number of rotatable bonds is 3. The van der Waals surface area contributed by atoms with E-state index in [4.69, 9.17) is 5.73 Å². The van der Waals surface area contributed by atoms with E-state index in [9.17, 15) is 4.79 Å². The largest absolute Gasteiger partial charge is 0.330 e. The fourth-order valence-electron chi connectivity index (χ4n) is 1.48. The molecule has 0 aromatic carbocycles. The van der Waals surface area contributed by atoms with Gasteiger partial charge in [-0.3, -0.25) is 4.79 Å². The molecule has 0 atom stereocenters. The number of hydrogen-bond acceptors (Lipinski definition) is 3. The molecule has 0 spiro atoms. The highest BCUT2D eigenvalue weighted by atomic mass is 16.1. The van der Waals surface area contributed by atoms with Gasteiger partial charge >= 0.3 is 0 Å². The number of nitrogens with two attached hydrogens (primary N) is 1. The molecule has 15 heavy (non-hydrogen) atoms. The Bertz CT molecular complexity index is 418. The third-order valence-electron chi connectivity index (χ3n) is 2.93. The molecule has 0 saturated heterocycles. The second kappa shape index (κ2) is 3.45. The van der Waals surface area contributed by atoms with Gasteiger partial charge in [-0.15, -0.1) is 0 Å². The van der Waals surface area contributed by atoms with Crippen LogP contribution in [0.15, 0.2) is 10.9 Å². The predicted octanol–water partition coefficient (Wildman–Crippen LogP) is 0.884. The van der Waals surface area contributed by atoms with Crippen LogP contribution in [0.1, 0.15) is 44.1 Å². The Morgan fingerprint density at radius 2 is 2.27 bits per heavy atom. The number of nitrogens with one attached hydrogen (secondary N) is 1. The van der Waals surface area contributed by atoms with Crippen LogP contribution in [0, 0.1) is 0 Å². The average Bonchev–Trinajstić information content (AvgIpc) is 3.00. The minimum atomic E-state index is -0.224. The number of aromatic nitrogens is 2. The first-order chi connectivity index (χ1) is 7.03. The van der Waals surface area contributed by atoms with Gasteiger partial charge in [-0.2, -0.15) is 0 Å². The Morgan fingerprint density at radius 3 is 2.80 bits per heavy atom. The Kier molecular flexibility index (Phi) is 2.38. The molecule has 0 radical (unpaired) electrons. The summed E-state index contributed by atoms with van der Waals surface area (Å²) >= 11 is 0. The van der Waals surface area contributed by atoms with E-state index >= 15 is 0 Å². The second-order valence-corrected chi connectivity index (χ2v) is 4.88. The first kappa shape index (κ1) is 10.4. The van der Waals surface area contributed by atoms with Crippen LogP contribution in [0.3, 0.4) is 0 Å². The Morgan fingerprint density at radius 1 is 1.60 bits per heavy atom. The second-order valence-electron chi connectivity index (χ2n) is 4.88. The van der Waals surface area contributed by atoms with Gasteiger partial charge < -0.3 is 10.7 Å². The molecule has 1 fully saturated rings. The first-order valence-electron chi connectivity index (χ1n) is 5.35. The van der Waals surface area contributed by atoms with Gasteiger partial charge in [-0.1, -0.05) is 13.8 Å². The summed E-state index contributed by atoms with van der Waals surface area (Å²) in [6.45, 7) is 4.50. The van der Waals surface area contributed by atoms with E-state index < -0.39 is 0 Å². The minimum Gasteiger partial charge on any atom is -0.330 e. The molecule has 1 aliphatic rings. The number of hydrogen-bond donors (Lipinski definition) is 2. The molecule has 1 aliphatic carbocycles. The van der Waals surface area contributed by atoms with Crippen molar-refractivity contribution >= 4 is 0 Å². The van der Waals surface area contributed by atoms with Crippen molar-refractivity contribution in [3.05, 3.63) is 27.9 Å². The molecule has 0 amide bonds. The zero-order valence-electron chi connectivity index (χ0n) is 9.21. The van der Waals surface area contributed by atoms with Crippen molar-refractivity contribution in [2.45, 2.75) is 38.0 Å². The van der Waals surface area contributed by atoms with Gasteiger partial charge in [0.05, 0.1) is 5.69 Å². The summed E-state index contributed by atoms with van der Waals surface area (Å²) < 4.78 is 0. The number of aromatic amines is 1. The molecule has 1 saturated carbocycles. The van der Waals surface area contributed by atoms with Gasteiger partial charge in [0.1, 0.15) is 5.82 Å². The summed E-state index contributed by atoms with van der Waals surface area (Å²) in [6, 6.07) is 1.55. The van der Waals surface area contributed by atoms with Crippen molar-refractivity contribution in [1.29, 1.82) is 0 Å². The highest BCUT2D eigenvalue weighted by Crippen LogP contribution is 2.37. The molecule has 4 heteroatoms. The van der Waals surface area contributed by atoms with Gasteiger partial charge in [0.25, 0.3) is 5.56 Å². The van der Waals surface area contributed by atoms with E-state index in [1.54, 1.807) is 6.07 Å². The molecule has 0 bridgehead atoms. The van der Waals surface area contributed by atoms with Crippen LogP contribution in [0.2, 0.25) is 0 Å². The Balaban J connectivity index is 2.43. The molecule has 3 N–H and O–H groups in total. The SMILES string of the molecule is CC(C)(CN)c1cc(=O)[nH]c(C2CC2)n1. The lowest BCUT2D eigenvalue weighted by Crippen LogP contribution is -2.31. The third kappa shape index (κ3) is 2.09. The van der Waals surface area contributed by atoms with Crippen LogP contribution in [0.25, 0.3) is 0 Å². The monoisotopic (exact) mass is 207 g/mol. The van der Waals surface area contributed by atoms with E-state index in [2.05, 4.69) is 9.97 Å². The van der Waals surface area contributed by atoms with Crippen molar-refractivity contribution < 1.29 is 0 Å². The maximum absolute atomic E-state index is 11.5. The van der Waals surface area contributed by atoms with Crippen LogP contribution in [-0.2, 0) is 5.41 Å². The quantitative estimate of drug-likeness (QED) is 0.773. The van der Waals surface area contributed by atoms with Gasteiger partial charge in [0, 0.05) is 23.9 Å². The van der Waals surface area contributed by atoms with Crippen molar-refractivity contribution in [3.8, 4) is 0 Å². The molecular formula is C11H17N3O. The van der Waals surface area contributed by atoms with Crippen LogP contribution < -0.4 is 11.3 Å². The lowest BCUT2D eigenvalue weighted by atomic mass is 9.89. The molecule has 2 rings (SSSR count). The molecule has 1 aromatic heterocycles. The van der Waals surface area contributed by atoms with E-state index in [1.807, 2.05) is 13.8 Å². The molecule has 1 aromatic rings. The maximum Gasteiger partial charge on any atom is 0.251 e. The lowest BCUT2D eigenvalue weighted by molar-refractivity contribution is 0.515. The molecule has 0 aliphatic heterocycles. The zero-order valence-corrected chi connectivity index (χ0v) is 9.21. The summed E-state index contributed by atoms with van der Waals surface area (Å²) in [4.78, 5) is 18.8. The average molecular weight is 207 g/mol. The van der Waals surface area contributed by atoms with Crippen molar-refractivity contribution in [3.63, 3.8) is 0 Å². The van der Waals surface area contributed by atoms with Gasteiger partial charge in [0.15, 0.2) is 0 Å². The van der Waals surface area contributed by atoms with Crippen LogP contribution >= 0.6 is 0 Å². The van der Waals surface area contributed by atoms with E-state index in [0.29, 0.717) is 12.5 Å². The third-order valence-corrected chi connectivity index (χ3v) is 2.93. The lowest BCUT2D eigenvalue weighted by Gasteiger charge is -2.21. The highest BCUT2D eigenvalue weighted by Gasteiger charge is 2.28. The highest BCUT2D eigenvalue weighted by molar-refractivity contribution is 5.17. The molecule has 1 heterocycles. The molecular weight excluding hydrogens is 190 g/mol. The Hall–Kier alpha value is -1.16. The summed E-state index contributed by atoms with van der Waals surface area (Å²) in [6.07, 6.45) is 2.27. The smallest absolute Gasteiger partial charge is 0.251 e. The predicted molar refractivity (Wildman–Crippen MR) is 58.9 cm³/mol. The van der Waals surface area contributed by atoms with Gasteiger partial charge in [-0.25, -0.2) is 4.98 Å². The summed E-state index contributed by atoms with van der Waals surface area (Å²) in [5, 5.41) is 0. The summed E-state index contributed by atoms with van der Waals surface area (Å²) in [5.41, 5.74) is 6.19. The molecule has 4 nitrogen and oxygen atoms in total. The zero-order chi connectivity index (χ0) is 11.1. The Labute approximate surface area is 88.9 Å². The molecule has 82 valence electrons. The van der Waals surface area contributed by atoms with E-state index in [1.165, 1.54) is 0 Å². The van der Waals surface area contributed by atoms with Crippen LogP contribution in [0.5, 0.6) is 0 Å². The van der Waals surface area contributed by atoms with Crippen LogP contribution in [-0.4, -0.2) is 16.5 Å². The standard InChI is InChI=1S/C11H17N3O/c1-11(2,6-12)8-5-9(15)14-10(13-8)7-3-4-7/h5,7H,3-4,6,12H2,1-2H3,(H,13,14,15). The molecule has 0 unspecified atom stereocenters. The van der Waals surface area contributed by atoms with E-state index in [-0.39, 0.29) is 11.0 Å². The normalized spacial score (nSPS) is 16.7. The fourth-order valence-corrected chi connectivity index (χ4v) is 1.48. The maximum atomic E-state index is 11.5. The first-order valence-corrected chi connectivity index (χ1v) is 5.35. The van der Waals surface area contributed by atoms with Crippen molar-refractivity contribution in [2.24, 2.45) is 5.73 Å². The van der Waals surface area contributed by atoms with Crippen LogP contribution in [0.4, 0.5) is 0 Å². The minimum absolute atomic E-state index is 0.0663. The van der Waals surface area contributed by atoms with Crippen molar-refractivity contribution in [2.75, 3.05) is 6.54 Å².